The Morgan fingerprint density at radius 3 is 3.00 bits per heavy atom. The van der Waals surface area contributed by atoms with Crippen molar-refractivity contribution >= 4 is 22.9 Å². The molecule has 1 aliphatic rings. The van der Waals surface area contributed by atoms with E-state index in [1.54, 1.807) is 11.3 Å². The molecule has 0 spiro atoms. The highest BCUT2D eigenvalue weighted by atomic mass is 35.5. The van der Waals surface area contributed by atoms with Crippen molar-refractivity contribution in [2.45, 2.75) is 19.5 Å². The Hall–Kier alpha value is -1.95. The van der Waals surface area contributed by atoms with Crippen molar-refractivity contribution in [2.75, 3.05) is 6.54 Å². The van der Waals surface area contributed by atoms with E-state index >= 15 is 0 Å². The summed E-state index contributed by atoms with van der Waals surface area (Å²) in [6.45, 7) is 2.34. The number of hydrogen-bond acceptors (Lipinski definition) is 4. The van der Waals surface area contributed by atoms with E-state index in [1.807, 2.05) is 35.7 Å². The quantitative estimate of drug-likeness (QED) is 0.777. The van der Waals surface area contributed by atoms with E-state index in [1.165, 1.54) is 5.56 Å². The molecule has 4 nitrogen and oxygen atoms in total. The average molecular weight is 358 g/mol. The summed E-state index contributed by atoms with van der Waals surface area (Å²) >= 11 is 7.65. The fourth-order valence-corrected chi connectivity index (χ4v) is 3.93. The molecule has 0 atom stereocenters. The Balaban J connectivity index is 1.61. The van der Waals surface area contributed by atoms with Crippen LogP contribution in [0.15, 0.2) is 46.6 Å². The van der Waals surface area contributed by atoms with Crippen molar-refractivity contribution in [1.82, 2.24) is 14.9 Å². The van der Waals surface area contributed by atoms with Gasteiger partial charge < -0.3 is 4.98 Å². The number of aromatic nitrogens is 2. The molecule has 0 saturated carbocycles. The predicted molar refractivity (Wildman–Crippen MR) is 97.4 cm³/mol. The van der Waals surface area contributed by atoms with Crippen LogP contribution in [0.2, 0.25) is 5.02 Å². The normalized spacial score (nSPS) is 14.5. The molecule has 0 saturated heterocycles. The van der Waals surface area contributed by atoms with Gasteiger partial charge in [-0.25, -0.2) is 4.98 Å². The lowest BCUT2D eigenvalue weighted by Gasteiger charge is -2.27. The summed E-state index contributed by atoms with van der Waals surface area (Å²) in [6, 6.07) is 11.8. The Bertz CT molecular complexity index is 920. The predicted octanol–water partition coefficient (Wildman–Crippen LogP) is 3.71. The summed E-state index contributed by atoms with van der Waals surface area (Å²) in [5.41, 5.74) is 2.87. The van der Waals surface area contributed by atoms with Crippen molar-refractivity contribution in [3.05, 3.63) is 74.0 Å². The van der Waals surface area contributed by atoms with Crippen LogP contribution in [-0.2, 0) is 19.5 Å². The first-order valence-corrected chi connectivity index (χ1v) is 9.07. The molecule has 3 heterocycles. The molecule has 4 rings (SSSR count). The molecule has 0 amide bonds. The van der Waals surface area contributed by atoms with Gasteiger partial charge in [-0.15, -0.1) is 11.3 Å². The van der Waals surface area contributed by atoms with Crippen LogP contribution in [0.4, 0.5) is 0 Å². The maximum atomic E-state index is 12.4. The summed E-state index contributed by atoms with van der Waals surface area (Å²) in [4.78, 5) is 23.3. The summed E-state index contributed by atoms with van der Waals surface area (Å²) in [7, 11) is 0. The van der Waals surface area contributed by atoms with Gasteiger partial charge >= 0.3 is 0 Å². The number of nitrogens with one attached hydrogen (secondary N) is 1. The van der Waals surface area contributed by atoms with Gasteiger partial charge in [-0.3, -0.25) is 9.69 Å². The van der Waals surface area contributed by atoms with Crippen molar-refractivity contribution in [1.29, 1.82) is 0 Å². The van der Waals surface area contributed by atoms with E-state index in [-0.39, 0.29) is 5.56 Å². The zero-order valence-corrected chi connectivity index (χ0v) is 14.5. The number of benzene rings is 1. The molecule has 3 aromatic rings. The van der Waals surface area contributed by atoms with Gasteiger partial charge in [0.25, 0.3) is 5.56 Å². The number of rotatable bonds is 3. The number of H-pyrrole nitrogens is 1. The number of nitrogens with zero attached hydrogens (tertiary/aromatic N) is 2. The average Bonchev–Trinajstić information content (AvgIpc) is 3.09. The van der Waals surface area contributed by atoms with Crippen LogP contribution in [0.1, 0.15) is 16.8 Å². The number of hydrogen-bond donors (Lipinski definition) is 1. The largest absolute Gasteiger partial charge is 0.306 e. The maximum absolute atomic E-state index is 12.4. The molecule has 1 aliphatic heterocycles. The molecule has 2 aromatic heterocycles. The second-order valence-electron chi connectivity index (χ2n) is 5.91. The SMILES string of the molecule is O=c1[nH]c(-c2cccs2)nc2c1CCN(Cc1cccc(Cl)c1)C2. The van der Waals surface area contributed by atoms with Crippen molar-refractivity contribution in [3.8, 4) is 10.7 Å². The number of fused-ring (bicyclic) bond motifs is 1. The van der Waals surface area contributed by atoms with Gasteiger partial charge in [-0.1, -0.05) is 29.8 Å². The highest BCUT2D eigenvalue weighted by Crippen LogP contribution is 2.23. The topological polar surface area (TPSA) is 49.0 Å². The van der Waals surface area contributed by atoms with Gasteiger partial charge in [0.1, 0.15) is 0 Å². The first kappa shape index (κ1) is 15.6. The highest BCUT2D eigenvalue weighted by molar-refractivity contribution is 7.13. The van der Waals surface area contributed by atoms with Crippen LogP contribution < -0.4 is 5.56 Å². The van der Waals surface area contributed by atoms with Crippen LogP contribution in [0.25, 0.3) is 10.7 Å². The molecule has 1 N–H and O–H groups in total. The molecule has 24 heavy (non-hydrogen) atoms. The Morgan fingerprint density at radius 1 is 1.29 bits per heavy atom. The summed E-state index contributed by atoms with van der Waals surface area (Å²) in [5.74, 6) is 0.665. The third-order valence-corrected chi connectivity index (χ3v) is 5.31. The van der Waals surface area contributed by atoms with Gasteiger partial charge in [-0.05, 0) is 35.6 Å². The van der Waals surface area contributed by atoms with E-state index in [2.05, 4.69) is 16.0 Å². The Morgan fingerprint density at radius 2 is 2.21 bits per heavy atom. The first-order chi connectivity index (χ1) is 11.7. The molecule has 0 unspecified atom stereocenters. The lowest BCUT2D eigenvalue weighted by molar-refractivity contribution is 0.240. The van der Waals surface area contributed by atoms with Gasteiger partial charge in [0.05, 0.1) is 10.6 Å². The van der Waals surface area contributed by atoms with Crippen molar-refractivity contribution < 1.29 is 0 Å². The molecule has 1 aromatic carbocycles. The minimum atomic E-state index is -0.00851. The van der Waals surface area contributed by atoms with Crippen LogP contribution in [0.5, 0.6) is 0 Å². The first-order valence-electron chi connectivity index (χ1n) is 7.82. The molecule has 0 bridgehead atoms. The monoisotopic (exact) mass is 357 g/mol. The van der Waals surface area contributed by atoms with Crippen LogP contribution in [0, 0.1) is 0 Å². The zero-order valence-electron chi connectivity index (χ0n) is 13.0. The molecule has 0 radical (unpaired) electrons. The second kappa shape index (κ2) is 6.51. The van der Waals surface area contributed by atoms with Gasteiger partial charge in [0, 0.05) is 30.2 Å². The van der Waals surface area contributed by atoms with Gasteiger partial charge in [-0.2, -0.15) is 0 Å². The number of halogens is 1. The molecule has 0 fully saturated rings. The molecule has 6 heteroatoms. The lowest BCUT2D eigenvalue weighted by Crippen LogP contribution is -2.35. The van der Waals surface area contributed by atoms with E-state index in [9.17, 15) is 4.79 Å². The van der Waals surface area contributed by atoms with E-state index in [0.717, 1.165) is 40.7 Å². The van der Waals surface area contributed by atoms with Gasteiger partial charge in [0.15, 0.2) is 5.82 Å². The third-order valence-electron chi connectivity index (χ3n) is 4.20. The minimum Gasteiger partial charge on any atom is -0.306 e. The van der Waals surface area contributed by atoms with E-state index < -0.39 is 0 Å². The van der Waals surface area contributed by atoms with Crippen LogP contribution in [0.3, 0.4) is 0 Å². The maximum Gasteiger partial charge on any atom is 0.254 e. The zero-order chi connectivity index (χ0) is 16.5. The fourth-order valence-electron chi connectivity index (χ4n) is 3.05. The molecule has 122 valence electrons. The van der Waals surface area contributed by atoms with Crippen molar-refractivity contribution in [2.24, 2.45) is 0 Å². The Labute approximate surface area is 148 Å². The van der Waals surface area contributed by atoms with Gasteiger partial charge in [0.2, 0.25) is 0 Å². The highest BCUT2D eigenvalue weighted by Gasteiger charge is 2.21. The third kappa shape index (κ3) is 3.15. The summed E-state index contributed by atoms with van der Waals surface area (Å²) in [5, 5.41) is 2.74. The molecular formula is C18H16ClN3OS. The standard InChI is InChI=1S/C18H16ClN3OS/c19-13-4-1-3-12(9-13)10-22-7-6-14-15(11-22)20-17(21-18(14)23)16-5-2-8-24-16/h1-5,8-9H,6-7,10-11H2,(H,20,21,23). The second-order valence-corrected chi connectivity index (χ2v) is 7.29. The molecular weight excluding hydrogens is 342 g/mol. The van der Waals surface area contributed by atoms with E-state index in [0.29, 0.717) is 12.4 Å². The lowest BCUT2D eigenvalue weighted by atomic mass is 10.1. The van der Waals surface area contributed by atoms with E-state index in [4.69, 9.17) is 16.6 Å². The molecule has 0 aliphatic carbocycles. The fraction of sp³-hybridized carbons (Fsp3) is 0.222. The Kier molecular flexibility index (Phi) is 4.22. The summed E-state index contributed by atoms with van der Waals surface area (Å²) in [6.07, 6.45) is 0.725. The van der Waals surface area contributed by atoms with Crippen LogP contribution in [-0.4, -0.2) is 21.4 Å². The van der Waals surface area contributed by atoms with Crippen LogP contribution >= 0.6 is 22.9 Å². The van der Waals surface area contributed by atoms with Crippen molar-refractivity contribution in [3.63, 3.8) is 0 Å². The smallest absolute Gasteiger partial charge is 0.254 e. The summed E-state index contributed by atoms with van der Waals surface area (Å²) < 4.78 is 0. The number of thiophene rings is 1. The number of aromatic amines is 1. The minimum absolute atomic E-state index is 0.00851.